The molecule has 0 aromatic heterocycles. The summed E-state index contributed by atoms with van der Waals surface area (Å²) in [5.74, 6) is -0.469. The Balaban J connectivity index is 2.17. The van der Waals surface area contributed by atoms with Crippen molar-refractivity contribution in [1.29, 1.82) is 0 Å². The number of likely N-dealkylation sites (N-methyl/N-ethyl adjacent to an activating group) is 1. The summed E-state index contributed by atoms with van der Waals surface area (Å²) in [6.45, 7) is 2.90. The number of anilines is 1. The lowest BCUT2D eigenvalue weighted by Gasteiger charge is -2.33. The van der Waals surface area contributed by atoms with Crippen LogP contribution in [0, 0.1) is 6.92 Å². The fourth-order valence-electron chi connectivity index (χ4n) is 4.26. The summed E-state index contributed by atoms with van der Waals surface area (Å²) in [5, 5.41) is 3.30. The van der Waals surface area contributed by atoms with E-state index in [9.17, 15) is 18.0 Å². The number of benzene rings is 3. The minimum absolute atomic E-state index is 0.0218. The fraction of sp³-hybridized carbons (Fsp3) is 0.310. The minimum atomic E-state index is -4.30. The molecule has 0 saturated carbocycles. The second-order valence-corrected chi connectivity index (χ2v) is 11.9. The first kappa shape index (κ1) is 32.0. The van der Waals surface area contributed by atoms with Crippen LogP contribution in [0.3, 0.4) is 0 Å². The lowest BCUT2D eigenvalue weighted by molar-refractivity contribution is -0.140. The maximum absolute atomic E-state index is 14.1. The molecule has 220 valence electrons. The van der Waals surface area contributed by atoms with Crippen molar-refractivity contribution >= 4 is 50.7 Å². The largest absolute Gasteiger partial charge is 0.497 e. The zero-order valence-electron chi connectivity index (χ0n) is 23.5. The number of sulfonamides is 1. The Kier molecular flexibility index (Phi) is 10.9. The molecule has 0 aliphatic rings. The summed E-state index contributed by atoms with van der Waals surface area (Å²) in [6, 6.07) is 14.9. The molecule has 0 heterocycles. The van der Waals surface area contributed by atoms with E-state index in [0.717, 1.165) is 9.87 Å². The van der Waals surface area contributed by atoms with Crippen molar-refractivity contribution in [2.75, 3.05) is 32.1 Å². The van der Waals surface area contributed by atoms with Gasteiger partial charge in [0.1, 0.15) is 24.1 Å². The number of hydrogen-bond acceptors (Lipinski definition) is 6. The van der Waals surface area contributed by atoms with Crippen LogP contribution < -0.4 is 19.1 Å². The summed E-state index contributed by atoms with van der Waals surface area (Å²) in [7, 11) is 0.0216. The molecule has 3 rings (SSSR count). The van der Waals surface area contributed by atoms with Crippen molar-refractivity contribution in [1.82, 2.24) is 10.2 Å². The quantitative estimate of drug-likeness (QED) is 0.303. The molecule has 3 aromatic rings. The van der Waals surface area contributed by atoms with Crippen molar-refractivity contribution < 1.29 is 27.5 Å². The highest BCUT2D eigenvalue weighted by Crippen LogP contribution is 2.36. The number of carbonyl (C=O) groups excluding carboxylic acids is 2. The number of nitrogens with one attached hydrogen (secondary N) is 1. The Morgan fingerprint density at radius 1 is 0.976 bits per heavy atom. The van der Waals surface area contributed by atoms with E-state index in [2.05, 4.69) is 5.32 Å². The Morgan fingerprint density at radius 3 is 2.22 bits per heavy atom. The predicted molar refractivity (Wildman–Crippen MR) is 160 cm³/mol. The number of carbonyl (C=O) groups is 2. The lowest BCUT2D eigenvalue weighted by atomic mass is 10.1. The maximum Gasteiger partial charge on any atom is 0.264 e. The average molecular weight is 623 g/mol. The van der Waals surface area contributed by atoms with E-state index in [1.54, 1.807) is 43.3 Å². The van der Waals surface area contributed by atoms with Gasteiger partial charge in [0.15, 0.2) is 0 Å². The van der Waals surface area contributed by atoms with Gasteiger partial charge in [0.05, 0.1) is 24.8 Å². The average Bonchev–Trinajstić information content (AvgIpc) is 2.96. The molecule has 0 radical (unpaired) electrons. The van der Waals surface area contributed by atoms with Crippen LogP contribution in [-0.4, -0.2) is 59.0 Å². The van der Waals surface area contributed by atoms with E-state index in [0.29, 0.717) is 21.4 Å². The van der Waals surface area contributed by atoms with Gasteiger partial charge in [0.2, 0.25) is 11.8 Å². The minimum Gasteiger partial charge on any atom is -0.497 e. The standard InChI is InChI=1S/C29H33Cl2N3O6S/c1-6-25(29(36)32-3)33(17-20-9-10-21(30)15-24(20)31)28(35)18-34(26-16-22(39-4)11-14-27(26)40-5)41(37,38)23-12-7-19(2)8-13-23/h7-16,25H,6,17-18H2,1-5H3,(H,32,36)/t25-/m1/s1. The van der Waals surface area contributed by atoms with Gasteiger partial charge in [0, 0.05) is 29.7 Å². The van der Waals surface area contributed by atoms with E-state index in [1.807, 2.05) is 6.92 Å². The van der Waals surface area contributed by atoms with Crippen LogP contribution in [0.15, 0.2) is 65.6 Å². The van der Waals surface area contributed by atoms with Gasteiger partial charge in [-0.25, -0.2) is 8.42 Å². The van der Waals surface area contributed by atoms with Gasteiger partial charge in [0.25, 0.3) is 10.0 Å². The van der Waals surface area contributed by atoms with Crippen molar-refractivity contribution in [3.05, 3.63) is 81.8 Å². The van der Waals surface area contributed by atoms with Gasteiger partial charge < -0.3 is 19.7 Å². The molecule has 0 spiro atoms. The molecule has 0 unspecified atom stereocenters. The predicted octanol–water partition coefficient (Wildman–Crippen LogP) is 5.07. The number of amides is 2. The Bertz CT molecular complexity index is 1500. The molecule has 9 nitrogen and oxygen atoms in total. The van der Waals surface area contributed by atoms with Crippen LogP contribution >= 0.6 is 23.2 Å². The molecular weight excluding hydrogens is 589 g/mol. The molecule has 0 aliphatic carbocycles. The number of rotatable bonds is 12. The molecule has 3 aromatic carbocycles. The van der Waals surface area contributed by atoms with Gasteiger partial charge >= 0.3 is 0 Å². The van der Waals surface area contributed by atoms with E-state index in [-0.39, 0.29) is 29.3 Å². The van der Waals surface area contributed by atoms with E-state index < -0.39 is 34.4 Å². The third-order valence-corrected chi connectivity index (χ3v) is 8.89. The molecule has 1 N–H and O–H groups in total. The van der Waals surface area contributed by atoms with Gasteiger partial charge in [-0.15, -0.1) is 0 Å². The zero-order chi connectivity index (χ0) is 30.3. The monoisotopic (exact) mass is 621 g/mol. The number of halogens is 2. The Morgan fingerprint density at radius 2 is 1.66 bits per heavy atom. The highest BCUT2D eigenvalue weighted by molar-refractivity contribution is 7.92. The van der Waals surface area contributed by atoms with Gasteiger partial charge in [-0.1, -0.05) is 53.9 Å². The third-order valence-electron chi connectivity index (χ3n) is 6.53. The number of aryl methyl sites for hydroxylation is 1. The molecule has 0 bridgehead atoms. The zero-order valence-corrected chi connectivity index (χ0v) is 25.8. The first-order valence-corrected chi connectivity index (χ1v) is 14.9. The van der Waals surface area contributed by atoms with Crippen molar-refractivity contribution in [3.8, 4) is 11.5 Å². The SMILES string of the molecule is CC[C@H](C(=O)NC)N(Cc1ccc(Cl)cc1Cl)C(=O)CN(c1cc(OC)ccc1OC)S(=O)(=O)c1ccc(C)cc1. The van der Waals surface area contributed by atoms with E-state index in [4.69, 9.17) is 32.7 Å². The van der Waals surface area contributed by atoms with Crippen LogP contribution in [0.2, 0.25) is 10.0 Å². The van der Waals surface area contributed by atoms with Crippen LogP contribution in [0.1, 0.15) is 24.5 Å². The van der Waals surface area contributed by atoms with Crippen molar-refractivity contribution in [2.24, 2.45) is 0 Å². The molecule has 0 aliphatic heterocycles. The maximum atomic E-state index is 14.1. The van der Waals surface area contributed by atoms with Crippen molar-refractivity contribution in [3.63, 3.8) is 0 Å². The number of methoxy groups -OCH3 is 2. The van der Waals surface area contributed by atoms with Crippen LogP contribution in [0.5, 0.6) is 11.5 Å². The summed E-state index contributed by atoms with van der Waals surface area (Å²) >= 11 is 12.5. The molecule has 0 fully saturated rings. The van der Waals surface area contributed by atoms with Crippen LogP contribution in [0.4, 0.5) is 5.69 Å². The highest BCUT2D eigenvalue weighted by Gasteiger charge is 2.35. The first-order valence-electron chi connectivity index (χ1n) is 12.7. The van der Waals surface area contributed by atoms with E-state index in [1.165, 1.54) is 50.4 Å². The van der Waals surface area contributed by atoms with Crippen molar-refractivity contribution in [2.45, 2.75) is 37.8 Å². The van der Waals surface area contributed by atoms with E-state index >= 15 is 0 Å². The van der Waals surface area contributed by atoms with Gasteiger partial charge in [-0.2, -0.15) is 0 Å². The molecule has 0 saturated heterocycles. The topological polar surface area (TPSA) is 105 Å². The summed E-state index contributed by atoms with van der Waals surface area (Å²) in [6.07, 6.45) is 0.268. The van der Waals surface area contributed by atoms with Crippen LogP contribution in [0.25, 0.3) is 0 Å². The number of nitrogens with zero attached hydrogens (tertiary/aromatic N) is 2. The number of hydrogen-bond donors (Lipinski definition) is 1. The normalized spacial score (nSPS) is 11.9. The van der Waals surface area contributed by atoms with Gasteiger partial charge in [-0.3, -0.25) is 13.9 Å². The molecule has 41 heavy (non-hydrogen) atoms. The first-order chi connectivity index (χ1) is 19.5. The van der Waals surface area contributed by atoms with Gasteiger partial charge in [-0.05, 0) is 55.3 Å². The molecule has 1 atom stereocenters. The summed E-state index contributed by atoms with van der Waals surface area (Å²) in [4.78, 5) is 28.3. The second-order valence-electron chi connectivity index (χ2n) is 9.16. The smallest absolute Gasteiger partial charge is 0.264 e. The van der Waals surface area contributed by atoms with Crippen LogP contribution in [-0.2, 0) is 26.2 Å². The summed E-state index contributed by atoms with van der Waals surface area (Å²) in [5.41, 5.74) is 1.50. The Labute approximate surface area is 251 Å². The second kappa shape index (κ2) is 13.9. The third kappa shape index (κ3) is 7.44. The molecule has 12 heteroatoms. The number of ether oxygens (including phenoxy) is 2. The molecular formula is C29H33Cl2N3O6S. The summed E-state index contributed by atoms with van der Waals surface area (Å²) < 4.78 is 40.0. The Hall–Kier alpha value is -3.47. The highest BCUT2D eigenvalue weighted by atomic mass is 35.5. The molecule has 2 amide bonds. The fourth-order valence-corrected chi connectivity index (χ4v) is 6.15. The lowest BCUT2D eigenvalue weighted by Crippen LogP contribution is -2.51.